The van der Waals surface area contributed by atoms with Crippen LogP contribution in [0.5, 0.6) is 5.75 Å². The summed E-state index contributed by atoms with van der Waals surface area (Å²) in [5.74, 6) is 0.611. The van der Waals surface area contributed by atoms with E-state index in [1.807, 2.05) is 0 Å². The molecule has 0 atom stereocenters. The van der Waals surface area contributed by atoms with Gasteiger partial charge in [-0.2, -0.15) is 5.10 Å². The van der Waals surface area contributed by atoms with Gasteiger partial charge in [-0.1, -0.05) is 0 Å². The fraction of sp³-hybridized carbons (Fsp3) is 0.222. The number of nitro benzene ring substituents is 1. The van der Waals surface area contributed by atoms with Crippen LogP contribution in [0.4, 0.5) is 11.4 Å². The van der Waals surface area contributed by atoms with Crippen molar-refractivity contribution in [1.82, 2.24) is 9.78 Å². The van der Waals surface area contributed by atoms with Gasteiger partial charge in [-0.25, -0.2) is 4.68 Å². The molecule has 0 unspecified atom stereocenters. The largest absolute Gasteiger partial charge is 0.486 e. The number of furan rings is 1. The molecule has 0 aliphatic carbocycles. The van der Waals surface area contributed by atoms with E-state index in [1.165, 1.54) is 29.1 Å². The number of ether oxygens (including phenoxy) is 2. The third-order valence-corrected chi connectivity index (χ3v) is 3.78. The normalized spacial score (nSPS) is 10.6. The molecule has 0 saturated heterocycles. The molecule has 0 spiro atoms. The van der Waals surface area contributed by atoms with E-state index in [9.17, 15) is 14.9 Å². The van der Waals surface area contributed by atoms with Crippen LogP contribution in [0.25, 0.3) is 0 Å². The lowest BCUT2D eigenvalue weighted by atomic mass is 10.2. The van der Waals surface area contributed by atoms with Gasteiger partial charge in [0.2, 0.25) is 0 Å². The van der Waals surface area contributed by atoms with Gasteiger partial charge < -0.3 is 19.2 Å². The van der Waals surface area contributed by atoms with Gasteiger partial charge >= 0.3 is 0 Å². The number of aryl methyl sites for hydroxylation is 1. The molecule has 0 aliphatic rings. The monoisotopic (exact) mass is 386 g/mol. The fourth-order valence-electron chi connectivity index (χ4n) is 2.48. The van der Waals surface area contributed by atoms with Crippen molar-refractivity contribution in [3.8, 4) is 5.75 Å². The molecule has 146 valence electrons. The zero-order valence-corrected chi connectivity index (χ0v) is 15.2. The minimum atomic E-state index is -0.449. The first-order valence-electron chi connectivity index (χ1n) is 8.25. The third kappa shape index (κ3) is 4.54. The van der Waals surface area contributed by atoms with E-state index in [4.69, 9.17) is 13.9 Å². The highest BCUT2D eigenvalue weighted by molar-refractivity contribution is 6.02. The van der Waals surface area contributed by atoms with E-state index in [0.29, 0.717) is 22.8 Å². The molecule has 1 N–H and O–H groups in total. The Morgan fingerprint density at radius 3 is 2.89 bits per heavy atom. The number of aromatic nitrogens is 2. The quantitative estimate of drug-likeness (QED) is 0.466. The molecule has 0 aliphatic heterocycles. The lowest BCUT2D eigenvalue weighted by Crippen LogP contribution is -2.10. The highest BCUT2D eigenvalue weighted by atomic mass is 16.6. The van der Waals surface area contributed by atoms with Crippen molar-refractivity contribution in [2.45, 2.75) is 20.3 Å². The summed E-state index contributed by atoms with van der Waals surface area (Å²) in [6, 6.07) is 7.64. The molecule has 28 heavy (non-hydrogen) atoms. The van der Waals surface area contributed by atoms with Gasteiger partial charge in [0.25, 0.3) is 11.6 Å². The van der Waals surface area contributed by atoms with Gasteiger partial charge in [0.1, 0.15) is 24.8 Å². The molecule has 2 heterocycles. The number of carbonyl (C=O) groups excluding carboxylic acids is 1. The van der Waals surface area contributed by atoms with Crippen LogP contribution in [0.15, 0.2) is 47.1 Å². The maximum atomic E-state index is 12.2. The summed E-state index contributed by atoms with van der Waals surface area (Å²) in [6.07, 6.45) is 3.13. The number of rotatable bonds is 8. The van der Waals surface area contributed by atoms with Crippen molar-refractivity contribution < 1.29 is 23.6 Å². The molecule has 10 nitrogen and oxygen atoms in total. The van der Waals surface area contributed by atoms with Gasteiger partial charge in [-0.3, -0.25) is 14.9 Å². The minimum Gasteiger partial charge on any atom is -0.486 e. The Morgan fingerprint density at radius 2 is 2.18 bits per heavy atom. The molecular formula is C18H18N4O6. The van der Waals surface area contributed by atoms with Crippen LogP contribution < -0.4 is 10.1 Å². The second-order valence-corrected chi connectivity index (χ2v) is 5.90. The van der Waals surface area contributed by atoms with Crippen LogP contribution in [-0.2, 0) is 18.1 Å². The molecule has 10 heteroatoms. The number of methoxy groups -OCH3 is 1. The average molecular weight is 386 g/mol. The Morgan fingerprint density at radius 1 is 1.36 bits per heavy atom. The molecule has 1 amide bonds. The topological polar surface area (TPSA) is 122 Å². The van der Waals surface area contributed by atoms with E-state index in [0.717, 1.165) is 0 Å². The Bertz CT molecular complexity index is 994. The number of nitro groups is 1. The highest BCUT2D eigenvalue weighted by Crippen LogP contribution is 2.24. The predicted octanol–water partition coefficient (Wildman–Crippen LogP) is 3.13. The molecule has 0 fully saturated rings. The SMILES string of the molecule is COCn1cc(NC(=O)c2ccc(COc3ccc([N+](=O)[O-])c(C)c3)o2)cn1. The van der Waals surface area contributed by atoms with Crippen LogP contribution in [0, 0.1) is 17.0 Å². The molecule has 3 aromatic rings. The highest BCUT2D eigenvalue weighted by Gasteiger charge is 2.14. The summed E-state index contributed by atoms with van der Waals surface area (Å²) in [7, 11) is 1.55. The summed E-state index contributed by atoms with van der Waals surface area (Å²) in [4.78, 5) is 22.6. The third-order valence-electron chi connectivity index (χ3n) is 3.78. The molecule has 0 bridgehead atoms. The second kappa shape index (κ2) is 8.35. The van der Waals surface area contributed by atoms with Crippen molar-refractivity contribution in [1.29, 1.82) is 0 Å². The molecule has 1 aromatic carbocycles. The first-order valence-corrected chi connectivity index (χ1v) is 8.25. The van der Waals surface area contributed by atoms with Crippen molar-refractivity contribution in [2.75, 3.05) is 12.4 Å². The first-order chi connectivity index (χ1) is 13.5. The summed E-state index contributed by atoms with van der Waals surface area (Å²) >= 11 is 0. The number of nitrogens with zero attached hydrogens (tertiary/aromatic N) is 3. The Balaban J connectivity index is 1.58. The molecule has 0 saturated carbocycles. The molecule has 0 radical (unpaired) electrons. The predicted molar refractivity (Wildman–Crippen MR) is 98.1 cm³/mol. The van der Waals surface area contributed by atoms with Gasteiger partial charge in [-0.15, -0.1) is 0 Å². The first kappa shape index (κ1) is 19.1. The van der Waals surface area contributed by atoms with Crippen molar-refractivity contribution in [2.24, 2.45) is 0 Å². The van der Waals surface area contributed by atoms with E-state index < -0.39 is 10.8 Å². The maximum absolute atomic E-state index is 12.2. The van der Waals surface area contributed by atoms with E-state index in [-0.39, 0.29) is 24.8 Å². The number of hydrogen-bond donors (Lipinski definition) is 1. The van der Waals surface area contributed by atoms with Crippen LogP contribution >= 0.6 is 0 Å². The Hall–Kier alpha value is -3.66. The van der Waals surface area contributed by atoms with Gasteiger partial charge in [0, 0.05) is 18.7 Å². The summed E-state index contributed by atoms with van der Waals surface area (Å²) in [5, 5.41) is 17.5. The van der Waals surface area contributed by atoms with E-state index in [2.05, 4.69) is 10.4 Å². The fourth-order valence-corrected chi connectivity index (χ4v) is 2.48. The molecular weight excluding hydrogens is 368 g/mol. The van der Waals surface area contributed by atoms with E-state index >= 15 is 0 Å². The smallest absolute Gasteiger partial charge is 0.291 e. The number of hydrogen-bond acceptors (Lipinski definition) is 7. The zero-order chi connectivity index (χ0) is 20.1. The number of anilines is 1. The number of nitrogens with one attached hydrogen (secondary N) is 1. The summed E-state index contributed by atoms with van der Waals surface area (Å²) in [5.41, 5.74) is 1.03. The lowest BCUT2D eigenvalue weighted by molar-refractivity contribution is -0.385. The standard InChI is InChI=1S/C18H18N4O6/c1-12-7-14(3-5-16(12)22(24)25)27-10-15-4-6-17(28-15)18(23)20-13-8-19-21(9-13)11-26-2/h3-9H,10-11H2,1-2H3,(H,20,23). The van der Waals surface area contributed by atoms with Gasteiger partial charge in [-0.05, 0) is 31.2 Å². The van der Waals surface area contributed by atoms with Crippen molar-refractivity contribution >= 4 is 17.3 Å². The van der Waals surface area contributed by atoms with E-state index in [1.54, 1.807) is 32.4 Å². The van der Waals surface area contributed by atoms with Crippen molar-refractivity contribution in [3.63, 3.8) is 0 Å². The van der Waals surface area contributed by atoms with Gasteiger partial charge in [0.05, 0.1) is 23.0 Å². The Kier molecular flexibility index (Phi) is 5.70. The maximum Gasteiger partial charge on any atom is 0.291 e. The number of benzene rings is 1. The zero-order valence-electron chi connectivity index (χ0n) is 15.2. The van der Waals surface area contributed by atoms with Crippen molar-refractivity contribution in [3.05, 3.63) is 69.9 Å². The lowest BCUT2D eigenvalue weighted by Gasteiger charge is -2.05. The average Bonchev–Trinajstić information content (AvgIpc) is 3.29. The minimum absolute atomic E-state index is 0.0260. The second-order valence-electron chi connectivity index (χ2n) is 5.90. The molecule has 3 rings (SSSR count). The Labute approximate surface area is 159 Å². The van der Waals surface area contributed by atoms with Crippen LogP contribution in [-0.4, -0.2) is 27.7 Å². The molecule has 2 aromatic heterocycles. The van der Waals surface area contributed by atoms with Gasteiger partial charge in [0.15, 0.2) is 5.76 Å². The summed E-state index contributed by atoms with van der Waals surface area (Å²) < 4.78 is 17.5. The van der Waals surface area contributed by atoms with Crippen LogP contribution in [0.1, 0.15) is 21.9 Å². The summed E-state index contributed by atoms with van der Waals surface area (Å²) in [6.45, 7) is 1.99. The number of amides is 1. The van der Waals surface area contributed by atoms with Crippen LogP contribution in [0.2, 0.25) is 0 Å². The number of carbonyl (C=O) groups is 1. The van der Waals surface area contributed by atoms with Crippen LogP contribution in [0.3, 0.4) is 0 Å².